The van der Waals surface area contributed by atoms with Gasteiger partial charge in [0.25, 0.3) is 0 Å². The molecule has 0 unspecified atom stereocenters. The molecule has 0 spiro atoms. The number of esters is 1. The number of carbonyl (C=O) groups excluding carboxylic acids is 1. The number of rotatable bonds is 3. The van der Waals surface area contributed by atoms with Crippen LogP contribution < -0.4 is 4.74 Å². The second-order valence-electron chi connectivity index (χ2n) is 3.94. The quantitative estimate of drug-likeness (QED) is 0.787. The SMILES string of the molecule is COC(=O)c1ccc(OC)c(C2(O)CC2)c1. The fraction of sp³-hybridized carbons (Fsp3) is 0.417. The second-order valence-corrected chi connectivity index (χ2v) is 3.94. The van der Waals surface area contributed by atoms with Gasteiger partial charge in [0.2, 0.25) is 0 Å². The Balaban J connectivity index is 2.43. The minimum Gasteiger partial charge on any atom is -0.496 e. The lowest BCUT2D eigenvalue weighted by Gasteiger charge is -2.14. The monoisotopic (exact) mass is 222 g/mol. The van der Waals surface area contributed by atoms with Gasteiger partial charge in [-0.15, -0.1) is 0 Å². The summed E-state index contributed by atoms with van der Waals surface area (Å²) in [5.74, 6) is 0.195. The van der Waals surface area contributed by atoms with E-state index in [-0.39, 0.29) is 0 Å². The van der Waals surface area contributed by atoms with Crippen molar-refractivity contribution in [2.75, 3.05) is 14.2 Å². The van der Waals surface area contributed by atoms with Crippen molar-refractivity contribution in [2.24, 2.45) is 0 Å². The van der Waals surface area contributed by atoms with Crippen LogP contribution >= 0.6 is 0 Å². The Kier molecular flexibility index (Phi) is 2.59. The molecule has 0 aliphatic heterocycles. The summed E-state index contributed by atoms with van der Waals surface area (Å²) in [6.07, 6.45) is 1.40. The fourth-order valence-electron chi connectivity index (χ4n) is 1.70. The first-order valence-corrected chi connectivity index (χ1v) is 5.10. The molecule has 4 heteroatoms. The predicted octanol–water partition coefficient (Wildman–Crippen LogP) is 1.46. The smallest absolute Gasteiger partial charge is 0.337 e. The molecule has 1 aliphatic carbocycles. The molecule has 0 amide bonds. The van der Waals surface area contributed by atoms with Gasteiger partial charge in [0, 0.05) is 5.56 Å². The number of benzene rings is 1. The van der Waals surface area contributed by atoms with Gasteiger partial charge in [-0.2, -0.15) is 0 Å². The van der Waals surface area contributed by atoms with Crippen molar-refractivity contribution in [3.63, 3.8) is 0 Å². The normalized spacial score (nSPS) is 16.7. The van der Waals surface area contributed by atoms with Crippen molar-refractivity contribution in [3.8, 4) is 5.75 Å². The minimum atomic E-state index is -0.824. The first kappa shape index (κ1) is 11.0. The third-order valence-electron chi connectivity index (χ3n) is 2.85. The van der Waals surface area contributed by atoms with Crippen LogP contribution in [0.2, 0.25) is 0 Å². The standard InChI is InChI=1S/C12H14O4/c1-15-10-4-3-8(11(13)16-2)7-9(10)12(14)5-6-12/h3-4,7,14H,5-6H2,1-2H3. The van der Waals surface area contributed by atoms with Crippen LogP contribution in [0.3, 0.4) is 0 Å². The molecule has 2 rings (SSSR count). The van der Waals surface area contributed by atoms with Crippen LogP contribution in [0, 0.1) is 0 Å². The fourth-order valence-corrected chi connectivity index (χ4v) is 1.70. The molecule has 1 saturated carbocycles. The minimum absolute atomic E-state index is 0.409. The van der Waals surface area contributed by atoms with E-state index in [9.17, 15) is 9.90 Å². The summed E-state index contributed by atoms with van der Waals surface area (Å²) in [5, 5.41) is 10.1. The van der Waals surface area contributed by atoms with Gasteiger partial charge in [-0.05, 0) is 31.0 Å². The van der Waals surface area contributed by atoms with Gasteiger partial charge < -0.3 is 14.6 Å². The Labute approximate surface area is 93.8 Å². The highest BCUT2D eigenvalue weighted by Gasteiger charge is 2.44. The first-order valence-electron chi connectivity index (χ1n) is 5.10. The molecule has 16 heavy (non-hydrogen) atoms. The molecule has 1 aromatic rings. The van der Waals surface area contributed by atoms with Crippen molar-refractivity contribution in [2.45, 2.75) is 18.4 Å². The molecule has 0 bridgehead atoms. The maximum atomic E-state index is 11.4. The number of hydrogen-bond acceptors (Lipinski definition) is 4. The third-order valence-corrected chi connectivity index (χ3v) is 2.85. The average Bonchev–Trinajstić information content (AvgIpc) is 3.06. The molecule has 4 nitrogen and oxygen atoms in total. The van der Waals surface area contributed by atoms with Crippen LogP contribution in [0.5, 0.6) is 5.75 Å². The molecule has 0 heterocycles. The molecule has 86 valence electrons. The molecule has 1 N–H and O–H groups in total. The van der Waals surface area contributed by atoms with E-state index in [1.807, 2.05) is 0 Å². The van der Waals surface area contributed by atoms with Gasteiger partial charge in [-0.25, -0.2) is 4.79 Å². The lowest BCUT2D eigenvalue weighted by molar-refractivity contribution is 0.0600. The van der Waals surface area contributed by atoms with Gasteiger partial charge in [-0.3, -0.25) is 0 Å². The highest BCUT2D eigenvalue weighted by Crippen LogP contribution is 2.48. The van der Waals surface area contributed by atoms with Crippen molar-refractivity contribution in [1.29, 1.82) is 0 Å². The van der Waals surface area contributed by atoms with Gasteiger partial charge in [0.05, 0.1) is 25.4 Å². The van der Waals surface area contributed by atoms with Crippen molar-refractivity contribution in [3.05, 3.63) is 29.3 Å². The van der Waals surface area contributed by atoms with E-state index >= 15 is 0 Å². The Morgan fingerprint density at radius 2 is 2.06 bits per heavy atom. The average molecular weight is 222 g/mol. The summed E-state index contributed by atoms with van der Waals surface area (Å²) in [4.78, 5) is 11.4. The zero-order valence-corrected chi connectivity index (χ0v) is 9.32. The Hall–Kier alpha value is -1.55. The van der Waals surface area contributed by atoms with Crippen LogP contribution in [0.4, 0.5) is 0 Å². The van der Waals surface area contributed by atoms with Gasteiger partial charge >= 0.3 is 5.97 Å². The molecule has 0 atom stereocenters. The lowest BCUT2D eigenvalue weighted by Crippen LogP contribution is -2.10. The summed E-state index contributed by atoms with van der Waals surface area (Å²) >= 11 is 0. The third kappa shape index (κ3) is 1.76. The van der Waals surface area contributed by atoms with E-state index in [0.29, 0.717) is 29.7 Å². The number of methoxy groups -OCH3 is 2. The van der Waals surface area contributed by atoms with E-state index in [1.165, 1.54) is 7.11 Å². The zero-order valence-electron chi connectivity index (χ0n) is 9.32. The van der Waals surface area contributed by atoms with E-state index in [4.69, 9.17) is 4.74 Å². The van der Waals surface area contributed by atoms with Crippen molar-refractivity contribution in [1.82, 2.24) is 0 Å². The zero-order chi connectivity index (χ0) is 11.8. The summed E-state index contributed by atoms with van der Waals surface area (Å²) in [6.45, 7) is 0. The van der Waals surface area contributed by atoms with Crippen LogP contribution in [0.1, 0.15) is 28.8 Å². The molecule has 1 aliphatic rings. The molecular weight excluding hydrogens is 208 g/mol. The van der Waals surface area contributed by atoms with E-state index in [0.717, 1.165) is 0 Å². The maximum absolute atomic E-state index is 11.4. The molecule has 1 aromatic carbocycles. The summed E-state index contributed by atoms with van der Waals surface area (Å²) in [5.41, 5.74) is 0.270. The molecular formula is C12H14O4. The van der Waals surface area contributed by atoms with Crippen LogP contribution in [0.15, 0.2) is 18.2 Å². The highest BCUT2D eigenvalue weighted by atomic mass is 16.5. The van der Waals surface area contributed by atoms with Crippen molar-refractivity contribution >= 4 is 5.97 Å². The largest absolute Gasteiger partial charge is 0.496 e. The van der Waals surface area contributed by atoms with Crippen LogP contribution in [-0.4, -0.2) is 25.3 Å². The summed E-state index contributed by atoms with van der Waals surface area (Å²) < 4.78 is 9.80. The Morgan fingerprint density at radius 3 is 2.56 bits per heavy atom. The highest BCUT2D eigenvalue weighted by molar-refractivity contribution is 5.89. The molecule has 1 fully saturated rings. The Bertz CT molecular complexity index is 421. The van der Waals surface area contributed by atoms with Crippen LogP contribution in [-0.2, 0) is 10.3 Å². The van der Waals surface area contributed by atoms with Gasteiger partial charge in [0.1, 0.15) is 5.75 Å². The number of carbonyl (C=O) groups is 1. The summed E-state index contributed by atoms with van der Waals surface area (Å²) in [6, 6.07) is 4.94. The number of ether oxygens (including phenoxy) is 2. The molecule has 0 saturated heterocycles. The Morgan fingerprint density at radius 1 is 1.38 bits per heavy atom. The van der Waals surface area contributed by atoms with Gasteiger partial charge in [-0.1, -0.05) is 0 Å². The van der Waals surface area contributed by atoms with Crippen LogP contribution in [0.25, 0.3) is 0 Å². The van der Waals surface area contributed by atoms with E-state index in [1.54, 1.807) is 25.3 Å². The number of hydrogen-bond donors (Lipinski definition) is 1. The van der Waals surface area contributed by atoms with E-state index in [2.05, 4.69) is 4.74 Å². The predicted molar refractivity (Wildman–Crippen MR) is 57.5 cm³/mol. The summed E-state index contributed by atoms with van der Waals surface area (Å²) in [7, 11) is 2.88. The first-order chi connectivity index (χ1) is 7.60. The van der Waals surface area contributed by atoms with E-state index < -0.39 is 11.6 Å². The second kappa shape index (κ2) is 3.79. The van der Waals surface area contributed by atoms with Gasteiger partial charge in [0.15, 0.2) is 0 Å². The molecule has 0 aromatic heterocycles. The topological polar surface area (TPSA) is 55.8 Å². The maximum Gasteiger partial charge on any atom is 0.337 e. The lowest BCUT2D eigenvalue weighted by atomic mass is 10.0. The number of aliphatic hydroxyl groups is 1. The van der Waals surface area contributed by atoms with Crippen molar-refractivity contribution < 1.29 is 19.4 Å². The molecule has 0 radical (unpaired) electrons.